The number of thioether (sulfide) groups is 1. The quantitative estimate of drug-likeness (QED) is 0.742. The predicted molar refractivity (Wildman–Crippen MR) is 72.2 cm³/mol. The summed E-state index contributed by atoms with van der Waals surface area (Å²) < 4.78 is 5.46. The van der Waals surface area contributed by atoms with Crippen LogP contribution in [-0.2, 0) is 0 Å². The first kappa shape index (κ1) is 13.4. The van der Waals surface area contributed by atoms with Crippen LogP contribution in [0.15, 0.2) is 24.3 Å². The van der Waals surface area contributed by atoms with Crippen molar-refractivity contribution in [3.8, 4) is 5.75 Å². The predicted octanol–water partition coefficient (Wildman–Crippen LogP) is 3.23. The fourth-order valence-electron chi connectivity index (χ4n) is 1.45. The Morgan fingerprint density at radius 2 is 2.19 bits per heavy atom. The van der Waals surface area contributed by atoms with Gasteiger partial charge in [-0.15, -0.1) is 0 Å². The third-order valence-corrected chi connectivity index (χ3v) is 3.53. The van der Waals surface area contributed by atoms with Gasteiger partial charge >= 0.3 is 0 Å². The van der Waals surface area contributed by atoms with Gasteiger partial charge in [0.2, 0.25) is 0 Å². The maximum atomic E-state index is 6.12. The Bertz CT molecular complexity index is 304. The van der Waals surface area contributed by atoms with E-state index in [4.69, 9.17) is 10.5 Å². The van der Waals surface area contributed by atoms with Crippen molar-refractivity contribution in [2.45, 2.75) is 26.3 Å². The molecule has 0 aromatic heterocycles. The first-order chi connectivity index (χ1) is 7.77. The van der Waals surface area contributed by atoms with Crippen LogP contribution in [-0.4, -0.2) is 18.1 Å². The Labute approximate surface area is 103 Å². The molecule has 16 heavy (non-hydrogen) atoms. The molecular formula is C13H21NOS. The van der Waals surface area contributed by atoms with Gasteiger partial charge in [0.05, 0.1) is 6.61 Å². The van der Waals surface area contributed by atoms with Crippen molar-refractivity contribution in [2.24, 2.45) is 5.73 Å². The van der Waals surface area contributed by atoms with Crippen molar-refractivity contribution in [2.75, 3.05) is 18.1 Å². The number of benzene rings is 1. The molecule has 2 nitrogen and oxygen atoms in total. The summed E-state index contributed by atoms with van der Waals surface area (Å²) in [6, 6.07) is 8.20. The SMILES string of the molecule is CCCSCC(N)c1cccc(OCC)c1. The largest absolute Gasteiger partial charge is 0.494 e. The minimum atomic E-state index is 0.108. The van der Waals surface area contributed by atoms with Crippen LogP contribution in [0.4, 0.5) is 0 Å². The summed E-state index contributed by atoms with van der Waals surface area (Å²) >= 11 is 1.91. The Hall–Kier alpha value is -0.670. The van der Waals surface area contributed by atoms with Gasteiger partial charge in [0.25, 0.3) is 0 Å². The van der Waals surface area contributed by atoms with Gasteiger partial charge in [0.15, 0.2) is 0 Å². The van der Waals surface area contributed by atoms with E-state index in [0.29, 0.717) is 6.61 Å². The van der Waals surface area contributed by atoms with Gasteiger partial charge in [-0.3, -0.25) is 0 Å². The van der Waals surface area contributed by atoms with E-state index in [1.165, 1.54) is 12.2 Å². The fourth-order valence-corrected chi connectivity index (χ4v) is 2.35. The number of rotatable bonds is 7. The maximum Gasteiger partial charge on any atom is 0.119 e. The Morgan fingerprint density at radius 1 is 1.38 bits per heavy atom. The molecule has 0 aliphatic heterocycles. The summed E-state index contributed by atoms with van der Waals surface area (Å²) in [5.74, 6) is 3.07. The molecule has 90 valence electrons. The van der Waals surface area contributed by atoms with Gasteiger partial charge in [-0.2, -0.15) is 11.8 Å². The summed E-state index contributed by atoms with van der Waals surface area (Å²) in [4.78, 5) is 0. The number of hydrogen-bond acceptors (Lipinski definition) is 3. The zero-order chi connectivity index (χ0) is 11.8. The maximum absolute atomic E-state index is 6.12. The zero-order valence-electron chi connectivity index (χ0n) is 10.1. The molecule has 1 aromatic carbocycles. The molecule has 0 aliphatic carbocycles. The van der Waals surface area contributed by atoms with E-state index in [1.54, 1.807) is 0 Å². The van der Waals surface area contributed by atoms with Gasteiger partial charge in [-0.1, -0.05) is 19.1 Å². The van der Waals surface area contributed by atoms with Crippen LogP contribution in [0.2, 0.25) is 0 Å². The first-order valence-corrected chi connectivity index (χ1v) is 6.99. The van der Waals surface area contributed by atoms with Crippen LogP contribution >= 0.6 is 11.8 Å². The molecule has 1 unspecified atom stereocenters. The number of hydrogen-bond donors (Lipinski definition) is 1. The molecule has 0 bridgehead atoms. The molecule has 2 N–H and O–H groups in total. The fraction of sp³-hybridized carbons (Fsp3) is 0.538. The van der Waals surface area contributed by atoms with E-state index in [-0.39, 0.29) is 6.04 Å². The molecule has 0 saturated carbocycles. The van der Waals surface area contributed by atoms with Crippen LogP contribution in [0.1, 0.15) is 31.9 Å². The van der Waals surface area contributed by atoms with E-state index >= 15 is 0 Å². The number of ether oxygens (including phenoxy) is 1. The smallest absolute Gasteiger partial charge is 0.119 e. The highest BCUT2D eigenvalue weighted by molar-refractivity contribution is 7.99. The van der Waals surface area contributed by atoms with Crippen LogP contribution in [0.3, 0.4) is 0 Å². The van der Waals surface area contributed by atoms with Gasteiger partial charge in [-0.05, 0) is 36.8 Å². The van der Waals surface area contributed by atoms with Crippen molar-refractivity contribution >= 4 is 11.8 Å². The Kier molecular flexibility index (Phi) is 6.34. The Morgan fingerprint density at radius 3 is 2.88 bits per heavy atom. The van der Waals surface area contributed by atoms with Gasteiger partial charge < -0.3 is 10.5 Å². The lowest BCUT2D eigenvalue weighted by Crippen LogP contribution is -2.13. The average molecular weight is 239 g/mol. The van der Waals surface area contributed by atoms with Crippen molar-refractivity contribution < 1.29 is 4.74 Å². The lowest BCUT2D eigenvalue weighted by atomic mass is 10.1. The van der Waals surface area contributed by atoms with Crippen molar-refractivity contribution in [1.29, 1.82) is 0 Å². The first-order valence-electron chi connectivity index (χ1n) is 5.84. The van der Waals surface area contributed by atoms with Crippen molar-refractivity contribution in [1.82, 2.24) is 0 Å². The topological polar surface area (TPSA) is 35.2 Å². The van der Waals surface area contributed by atoms with Gasteiger partial charge in [-0.25, -0.2) is 0 Å². The standard InChI is InChI=1S/C13H21NOS/c1-3-8-16-10-13(14)11-6-5-7-12(9-11)15-4-2/h5-7,9,13H,3-4,8,10,14H2,1-2H3. The Balaban J connectivity index is 2.53. The highest BCUT2D eigenvalue weighted by atomic mass is 32.2. The minimum Gasteiger partial charge on any atom is -0.494 e. The van der Waals surface area contributed by atoms with E-state index in [2.05, 4.69) is 13.0 Å². The summed E-state index contributed by atoms with van der Waals surface area (Å²) in [5.41, 5.74) is 7.29. The molecule has 3 heteroatoms. The van der Waals surface area contributed by atoms with Crippen LogP contribution in [0, 0.1) is 0 Å². The third kappa shape index (κ3) is 4.45. The third-order valence-electron chi connectivity index (χ3n) is 2.24. The lowest BCUT2D eigenvalue weighted by molar-refractivity contribution is 0.339. The molecule has 0 saturated heterocycles. The minimum absolute atomic E-state index is 0.108. The van der Waals surface area contributed by atoms with Crippen LogP contribution < -0.4 is 10.5 Å². The highest BCUT2D eigenvalue weighted by Crippen LogP contribution is 2.21. The van der Waals surface area contributed by atoms with E-state index in [9.17, 15) is 0 Å². The molecule has 0 spiro atoms. The van der Waals surface area contributed by atoms with E-state index in [0.717, 1.165) is 17.1 Å². The second-order valence-corrected chi connectivity index (χ2v) is 4.84. The molecule has 0 aliphatic rings. The van der Waals surface area contributed by atoms with Crippen LogP contribution in [0.5, 0.6) is 5.75 Å². The second-order valence-electron chi connectivity index (χ2n) is 3.69. The highest BCUT2D eigenvalue weighted by Gasteiger charge is 2.06. The van der Waals surface area contributed by atoms with E-state index < -0.39 is 0 Å². The summed E-state index contributed by atoms with van der Waals surface area (Å²) in [6.07, 6.45) is 1.20. The monoisotopic (exact) mass is 239 g/mol. The molecule has 1 rings (SSSR count). The number of nitrogens with two attached hydrogens (primary N) is 1. The molecular weight excluding hydrogens is 218 g/mol. The summed E-state index contributed by atoms with van der Waals surface area (Å²) in [5, 5.41) is 0. The summed E-state index contributed by atoms with van der Waals surface area (Å²) in [7, 11) is 0. The molecule has 0 fully saturated rings. The molecule has 0 heterocycles. The van der Waals surface area contributed by atoms with Gasteiger partial charge in [0, 0.05) is 11.8 Å². The normalized spacial score (nSPS) is 12.4. The van der Waals surface area contributed by atoms with Crippen LogP contribution in [0.25, 0.3) is 0 Å². The molecule has 0 amide bonds. The second kappa shape index (κ2) is 7.58. The summed E-state index contributed by atoms with van der Waals surface area (Å²) in [6.45, 7) is 4.88. The van der Waals surface area contributed by atoms with E-state index in [1.807, 2.05) is 36.9 Å². The van der Waals surface area contributed by atoms with Crippen molar-refractivity contribution in [3.05, 3.63) is 29.8 Å². The average Bonchev–Trinajstić information content (AvgIpc) is 2.30. The van der Waals surface area contributed by atoms with Crippen molar-refractivity contribution in [3.63, 3.8) is 0 Å². The molecule has 1 aromatic rings. The van der Waals surface area contributed by atoms with Gasteiger partial charge in [0.1, 0.15) is 5.75 Å². The molecule has 0 radical (unpaired) electrons. The lowest BCUT2D eigenvalue weighted by Gasteiger charge is -2.13. The molecule has 1 atom stereocenters. The zero-order valence-corrected chi connectivity index (χ0v) is 10.9.